The summed E-state index contributed by atoms with van der Waals surface area (Å²) in [6, 6.07) is 0. The molecule has 5 heteroatoms. The van der Waals surface area contributed by atoms with Gasteiger partial charge in [0, 0.05) is 6.92 Å². The highest BCUT2D eigenvalue weighted by Gasteiger charge is 2.37. The first-order valence-electron chi connectivity index (χ1n) is 3.73. The fourth-order valence-electron chi connectivity index (χ4n) is 1.13. The minimum absolute atomic E-state index is 0.145. The fraction of sp³-hybridized carbons (Fsp3) is 0.857. The van der Waals surface area contributed by atoms with E-state index in [1.807, 2.05) is 0 Å². The molecule has 5 nitrogen and oxygen atoms in total. The van der Waals surface area contributed by atoms with Gasteiger partial charge in [-0.25, -0.2) is 0 Å². The van der Waals surface area contributed by atoms with Crippen molar-refractivity contribution in [3.8, 4) is 0 Å². The van der Waals surface area contributed by atoms with Crippen molar-refractivity contribution in [2.75, 3.05) is 13.2 Å². The van der Waals surface area contributed by atoms with E-state index in [4.69, 9.17) is 14.6 Å². The monoisotopic (exact) mass is 176 g/mol. The van der Waals surface area contributed by atoms with E-state index in [0.29, 0.717) is 0 Å². The number of carbonyl (C=O) groups is 1. The Labute approximate surface area is 69.9 Å². The molecule has 0 bridgehead atoms. The third kappa shape index (κ3) is 1.94. The maximum absolute atomic E-state index is 10.5. The number of hydrogen-bond donors (Lipinski definition) is 2. The molecule has 0 aromatic rings. The average molecular weight is 176 g/mol. The lowest BCUT2D eigenvalue weighted by Gasteiger charge is -2.14. The van der Waals surface area contributed by atoms with Crippen molar-refractivity contribution < 1.29 is 24.5 Å². The van der Waals surface area contributed by atoms with E-state index in [1.165, 1.54) is 6.92 Å². The summed E-state index contributed by atoms with van der Waals surface area (Å²) >= 11 is 0. The molecule has 2 N–H and O–H groups in total. The van der Waals surface area contributed by atoms with Gasteiger partial charge in [-0.3, -0.25) is 4.79 Å². The largest absolute Gasteiger partial charge is 0.457 e. The van der Waals surface area contributed by atoms with Gasteiger partial charge >= 0.3 is 5.97 Å². The van der Waals surface area contributed by atoms with Gasteiger partial charge < -0.3 is 19.7 Å². The smallest absolute Gasteiger partial charge is 0.303 e. The standard InChI is InChI=1S/C7H12O5/c1-4(9)12-6-3-11-5(2-8)7(6)10/h5-8,10H,2-3H2,1H3/t5-,6-,7-/m1/s1. The summed E-state index contributed by atoms with van der Waals surface area (Å²) in [7, 11) is 0. The van der Waals surface area contributed by atoms with Crippen LogP contribution in [0.5, 0.6) is 0 Å². The highest BCUT2D eigenvalue weighted by atomic mass is 16.6. The van der Waals surface area contributed by atoms with Crippen molar-refractivity contribution in [3.63, 3.8) is 0 Å². The second-order valence-corrected chi connectivity index (χ2v) is 2.69. The van der Waals surface area contributed by atoms with Crippen LogP contribution in [-0.2, 0) is 14.3 Å². The molecule has 0 aromatic carbocycles. The van der Waals surface area contributed by atoms with Gasteiger partial charge in [0.1, 0.15) is 12.2 Å². The summed E-state index contributed by atoms with van der Waals surface area (Å²) in [5.41, 5.74) is 0. The normalized spacial score (nSPS) is 35.1. The minimum atomic E-state index is -0.918. The van der Waals surface area contributed by atoms with Gasteiger partial charge in [-0.05, 0) is 0 Å². The highest BCUT2D eigenvalue weighted by Crippen LogP contribution is 2.16. The number of ether oxygens (including phenoxy) is 2. The first kappa shape index (κ1) is 9.44. The lowest BCUT2D eigenvalue weighted by molar-refractivity contribution is -0.150. The second-order valence-electron chi connectivity index (χ2n) is 2.69. The van der Waals surface area contributed by atoms with Crippen molar-refractivity contribution in [1.29, 1.82) is 0 Å². The van der Waals surface area contributed by atoms with Gasteiger partial charge in [-0.2, -0.15) is 0 Å². The van der Waals surface area contributed by atoms with Crippen LogP contribution >= 0.6 is 0 Å². The van der Waals surface area contributed by atoms with Crippen molar-refractivity contribution in [1.82, 2.24) is 0 Å². The molecule has 1 saturated heterocycles. The third-order valence-electron chi connectivity index (χ3n) is 1.73. The Hall–Kier alpha value is -0.650. The molecule has 1 fully saturated rings. The molecule has 1 aliphatic rings. The molecule has 0 saturated carbocycles. The lowest BCUT2D eigenvalue weighted by Crippen LogP contribution is -2.34. The van der Waals surface area contributed by atoms with E-state index in [2.05, 4.69) is 0 Å². The summed E-state index contributed by atoms with van der Waals surface area (Å²) in [5.74, 6) is -0.457. The van der Waals surface area contributed by atoms with Crippen molar-refractivity contribution in [3.05, 3.63) is 0 Å². The zero-order valence-corrected chi connectivity index (χ0v) is 6.77. The summed E-state index contributed by atoms with van der Waals surface area (Å²) < 4.78 is 9.68. The van der Waals surface area contributed by atoms with Crippen LogP contribution in [0.15, 0.2) is 0 Å². The average Bonchev–Trinajstić information content (AvgIpc) is 2.32. The van der Waals surface area contributed by atoms with Crippen LogP contribution in [0.3, 0.4) is 0 Å². The summed E-state index contributed by atoms with van der Waals surface area (Å²) in [5, 5.41) is 18.0. The third-order valence-corrected chi connectivity index (χ3v) is 1.73. The number of carbonyl (C=O) groups excluding carboxylic acids is 1. The van der Waals surface area contributed by atoms with Crippen molar-refractivity contribution >= 4 is 5.97 Å². The van der Waals surface area contributed by atoms with Gasteiger partial charge in [-0.15, -0.1) is 0 Å². The molecule has 0 spiro atoms. The maximum Gasteiger partial charge on any atom is 0.303 e. The Balaban J connectivity index is 2.43. The molecular formula is C7H12O5. The molecule has 1 aliphatic heterocycles. The molecule has 70 valence electrons. The zero-order valence-electron chi connectivity index (χ0n) is 6.77. The van der Waals surface area contributed by atoms with Crippen LogP contribution < -0.4 is 0 Å². The number of rotatable bonds is 2. The van der Waals surface area contributed by atoms with Crippen molar-refractivity contribution in [2.45, 2.75) is 25.2 Å². The zero-order chi connectivity index (χ0) is 9.14. The Morgan fingerprint density at radius 1 is 1.75 bits per heavy atom. The van der Waals surface area contributed by atoms with Gasteiger partial charge in [-0.1, -0.05) is 0 Å². The molecule has 0 aliphatic carbocycles. The van der Waals surface area contributed by atoms with Gasteiger partial charge in [0.25, 0.3) is 0 Å². The molecule has 1 heterocycles. The summed E-state index contributed by atoms with van der Waals surface area (Å²) in [6.07, 6.45) is -2.19. The maximum atomic E-state index is 10.5. The molecule has 1 rings (SSSR count). The summed E-state index contributed by atoms with van der Waals surface area (Å²) in [4.78, 5) is 10.5. The molecule has 3 atom stereocenters. The molecule has 0 amide bonds. The molecule has 0 aromatic heterocycles. The van der Waals surface area contributed by atoms with Crippen LogP contribution in [0.2, 0.25) is 0 Å². The fourth-order valence-corrected chi connectivity index (χ4v) is 1.13. The van der Waals surface area contributed by atoms with Gasteiger partial charge in [0.15, 0.2) is 6.10 Å². The van der Waals surface area contributed by atoms with Crippen LogP contribution in [0.4, 0.5) is 0 Å². The first-order chi connectivity index (χ1) is 5.65. The highest BCUT2D eigenvalue weighted by molar-refractivity contribution is 5.66. The number of aliphatic hydroxyl groups is 2. The number of esters is 1. The SMILES string of the molecule is CC(=O)O[C@@H]1CO[C@H](CO)[C@H]1O. The molecule has 0 radical (unpaired) electrons. The number of aliphatic hydroxyl groups excluding tert-OH is 2. The first-order valence-corrected chi connectivity index (χ1v) is 3.73. The van der Waals surface area contributed by atoms with E-state index < -0.39 is 24.3 Å². The van der Waals surface area contributed by atoms with E-state index in [-0.39, 0.29) is 13.2 Å². The van der Waals surface area contributed by atoms with E-state index >= 15 is 0 Å². The Bertz CT molecular complexity index is 169. The molecular weight excluding hydrogens is 164 g/mol. The number of hydrogen-bond acceptors (Lipinski definition) is 5. The van der Waals surface area contributed by atoms with Crippen LogP contribution in [0, 0.1) is 0 Å². The van der Waals surface area contributed by atoms with Gasteiger partial charge in [0.2, 0.25) is 0 Å². The predicted molar refractivity (Wildman–Crippen MR) is 38.4 cm³/mol. The second kappa shape index (κ2) is 3.84. The Kier molecular flexibility index (Phi) is 3.02. The minimum Gasteiger partial charge on any atom is -0.457 e. The van der Waals surface area contributed by atoms with Gasteiger partial charge in [0.05, 0.1) is 13.2 Å². The van der Waals surface area contributed by atoms with E-state index in [9.17, 15) is 9.90 Å². The lowest BCUT2D eigenvalue weighted by atomic mass is 10.1. The van der Waals surface area contributed by atoms with Crippen LogP contribution in [0.25, 0.3) is 0 Å². The van der Waals surface area contributed by atoms with Crippen molar-refractivity contribution in [2.24, 2.45) is 0 Å². The Morgan fingerprint density at radius 3 is 2.83 bits per heavy atom. The Morgan fingerprint density at radius 2 is 2.42 bits per heavy atom. The molecule has 12 heavy (non-hydrogen) atoms. The van der Waals surface area contributed by atoms with Crippen LogP contribution in [0.1, 0.15) is 6.92 Å². The van der Waals surface area contributed by atoms with E-state index in [0.717, 1.165) is 0 Å². The quantitative estimate of drug-likeness (QED) is 0.510. The predicted octanol–water partition coefficient (Wildman–Crippen LogP) is -1.33. The van der Waals surface area contributed by atoms with Crippen LogP contribution in [-0.4, -0.2) is 47.7 Å². The summed E-state index contributed by atoms with van der Waals surface area (Å²) in [6.45, 7) is 1.14. The van der Waals surface area contributed by atoms with E-state index in [1.54, 1.807) is 0 Å². The molecule has 0 unspecified atom stereocenters. The topological polar surface area (TPSA) is 76.0 Å².